The third-order valence-corrected chi connectivity index (χ3v) is 1.34. The number of ketones is 1. The summed E-state index contributed by atoms with van der Waals surface area (Å²) in [6.45, 7) is 4.96. The van der Waals surface area contributed by atoms with Crippen molar-refractivity contribution in [2.24, 2.45) is 0 Å². The molecule has 0 saturated carbocycles. The molecule has 1 unspecified atom stereocenters. The van der Waals surface area contributed by atoms with Crippen LogP contribution >= 0.6 is 0 Å². The number of Topliss-reactive ketones (excluding diaryl/α,β-unsaturated/α-hetero) is 1. The zero-order valence-corrected chi connectivity index (χ0v) is 8.17. The fourth-order valence-electron chi connectivity index (χ4n) is 0.797. The van der Waals surface area contributed by atoms with E-state index in [1.165, 1.54) is 0 Å². The molecule has 0 saturated heterocycles. The number of alkyl halides is 1. The summed E-state index contributed by atoms with van der Waals surface area (Å²) in [4.78, 5) is 21.7. The molecule has 0 heterocycles. The predicted molar refractivity (Wildman–Crippen MR) is 46.0 cm³/mol. The highest BCUT2D eigenvalue weighted by Gasteiger charge is 2.27. The van der Waals surface area contributed by atoms with Gasteiger partial charge in [0.2, 0.25) is 0 Å². The van der Waals surface area contributed by atoms with E-state index in [1.54, 1.807) is 20.8 Å². The lowest BCUT2D eigenvalue weighted by Gasteiger charge is -2.09. The highest BCUT2D eigenvalue weighted by molar-refractivity contribution is 6.01. The van der Waals surface area contributed by atoms with E-state index in [4.69, 9.17) is 0 Å². The summed E-state index contributed by atoms with van der Waals surface area (Å²) in [6.07, 6.45) is -1.88. The van der Waals surface area contributed by atoms with Crippen molar-refractivity contribution in [3.63, 3.8) is 0 Å². The Hall–Kier alpha value is -0.930. The van der Waals surface area contributed by atoms with Crippen molar-refractivity contribution in [1.29, 1.82) is 0 Å². The summed E-state index contributed by atoms with van der Waals surface area (Å²) in [5.41, 5.74) is 0. The highest BCUT2D eigenvalue weighted by Crippen LogP contribution is 2.04. The molecule has 0 fully saturated rings. The van der Waals surface area contributed by atoms with Gasteiger partial charge >= 0.3 is 5.97 Å². The van der Waals surface area contributed by atoms with Gasteiger partial charge in [-0.05, 0) is 20.3 Å². The van der Waals surface area contributed by atoms with E-state index in [9.17, 15) is 14.0 Å². The van der Waals surface area contributed by atoms with Gasteiger partial charge in [-0.1, -0.05) is 6.92 Å². The zero-order valence-electron chi connectivity index (χ0n) is 8.17. The van der Waals surface area contributed by atoms with E-state index < -0.39 is 17.9 Å². The van der Waals surface area contributed by atoms with Gasteiger partial charge in [0.15, 0.2) is 5.78 Å². The lowest BCUT2D eigenvalue weighted by molar-refractivity contribution is -0.156. The topological polar surface area (TPSA) is 43.4 Å². The van der Waals surface area contributed by atoms with Crippen molar-refractivity contribution in [3.8, 4) is 0 Å². The number of ether oxygens (including phenoxy) is 1. The Morgan fingerprint density at radius 2 is 1.92 bits per heavy atom. The van der Waals surface area contributed by atoms with E-state index in [-0.39, 0.29) is 12.5 Å². The minimum absolute atomic E-state index is 0.0777. The van der Waals surface area contributed by atoms with Crippen LogP contribution in [0.4, 0.5) is 4.39 Å². The van der Waals surface area contributed by atoms with Crippen LogP contribution in [0, 0.1) is 0 Å². The molecule has 0 aromatic heterocycles. The molecule has 0 aromatic rings. The Kier molecular flexibility index (Phi) is 5.26. The molecule has 4 heteroatoms. The molecular formula is C9H15FO3. The molecule has 0 amide bonds. The standard InChI is InChI=1S/C9H15FO3/c1-4-5-7(11)8(10)9(12)13-6(2)3/h6,8H,4-5H2,1-3H3. The third-order valence-electron chi connectivity index (χ3n) is 1.34. The van der Waals surface area contributed by atoms with E-state index in [1.807, 2.05) is 0 Å². The SMILES string of the molecule is CCCC(=O)C(F)C(=O)OC(C)C. The number of halogens is 1. The van der Waals surface area contributed by atoms with Crippen LogP contribution < -0.4 is 0 Å². The van der Waals surface area contributed by atoms with Crippen LogP contribution in [0.2, 0.25) is 0 Å². The minimum Gasteiger partial charge on any atom is -0.460 e. The van der Waals surface area contributed by atoms with Gasteiger partial charge in [0.1, 0.15) is 0 Å². The smallest absolute Gasteiger partial charge is 0.348 e. The maximum atomic E-state index is 12.9. The van der Waals surface area contributed by atoms with Gasteiger partial charge in [0.25, 0.3) is 6.17 Å². The van der Waals surface area contributed by atoms with Gasteiger partial charge in [-0.25, -0.2) is 9.18 Å². The Morgan fingerprint density at radius 1 is 1.38 bits per heavy atom. The van der Waals surface area contributed by atoms with Crippen LogP contribution in [0.1, 0.15) is 33.6 Å². The van der Waals surface area contributed by atoms with Gasteiger partial charge < -0.3 is 4.74 Å². The summed E-state index contributed by atoms with van der Waals surface area (Å²) in [5.74, 6) is -1.78. The maximum Gasteiger partial charge on any atom is 0.348 e. The second-order valence-electron chi connectivity index (χ2n) is 3.06. The second-order valence-corrected chi connectivity index (χ2v) is 3.06. The number of carbonyl (C=O) groups excluding carboxylic acids is 2. The first-order valence-corrected chi connectivity index (χ1v) is 4.36. The Labute approximate surface area is 77.3 Å². The zero-order chi connectivity index (χ0) is 10.4. The first kappa shape index (κ1) is 12.1. The molecule has 0 aromatic carbocycles. The molecule has 0 rings (SSSR count). The van der Waals surface area contributed by atoms with E-state index in [0.717, 1.165) is 0 Å². The molecule has 0 radical (unpaired) electrons. The summed E-state index contributed by atoms with van der Waals surface area (Å²) in [5, 5.41) is 0. The summed E-state index contributed by atoms with van der Waals surface area (Å²) < 4.78 is 17.5. The molecule has 0 spiro atoms. The van der Waals surface area contributed by atoms with Crippen molar-refractivity contribution in [2.45, 2.75) is 45.9 Å². The van der Waals surface area contributed by atoms with Crippen LogP contribution in [-0.2, 0) is 14.3 Å². The van der Waals surface area contributed by atoms with Crippen molar-refractivity contribution in [1.82, 2.24) is 0 Å². The summed E-state index contributed by atoms with van der Waals surface area (Å²) in [6, 6.07) is 0. The largest absolute Gasteiger partial charge is 0.460 e. The highest BCUT2D eigenvalue weighted by atomic mass is 19.1. The fraction of sp³-hybridized carbons (Fsp3) is 0.778. The van der Waals surface area contributed by atoms with Gasteiger partial charge in [0, 0.05) is 6.42 Å². The second kappa shape index (κ2) is 5.67. The van der Waals surface area contributed by atoms with E-state index in [2.05, 4.69) is 4.74 Å². The van der Waals surface area contributed by atoms with Crippen LogP contribution in [0.5, 0.6) is 0 Å². The normalized spacial score (nSPS) is 12.7. The van der Waals surface area contributed by atoms with Gasteiger partial charge in [-0.3, -0.25) is 4.79 Å². The predicted octanol–water partition coefficient (Wildman–Crippen LogP) is 1.65. The lowest BCUT2D eigenvalue weighted by atomic mass is 10.1. The van der Waals surface area contributed by atoms with Crippen molar-refractivity contribution in [2.75, 3.05) is 0 Å². The van der Waals surface area contributed by atoms with Gasteiger partial charge in [-0.15, -0.1) is 0 Å². The number of esters is 1. The molecule has 0 aliphatic heterocycles. The van der Waals surface area contributed by atoms with Crippen LogP contribution in [-0.4, -0.2) is 24.0 Å². The quantitative estimate of drug-likeness (QED) is 0.489. The molecule has 76 valence electrons. The van der Waals surface area contributed by atoms with E-state index >= 15 is 0 Å². The molecular weight excluding hydrogens is 175 g/mol. The van der Waals surface area contributed by atoms with Gasteiger partial charge in [0.05, 0.1) is 6.10 Å². The summed E-state index contributed by atoms with van der Waals surface area (Å²) >= 11 is 0. The average molecular weight is 190 g/mol. The number of hydrogen-bond acceptors (Lipinski definition) is 3. The lowest BCUT2D eigenvalue weighted by Crippen LogP contribution is -2.29. The van der Waals surface area contributed by atoms with Crippen LogP contribution in [0.15, 0.2) is 0 Å². The van der Waals surface area contributed by atoms with Crippen molar-refractivity contribution >= 4 is 11.8 Å². The number of hydrogen-bond donors (Lipinski definition) is 0. The molecule has 1 atom stereocenters. The molecule has 0 N–H and O–H groups in total. The molecule has 0 bridgehead atoms. The Bertz CT molecular complexity index is 189. The molecule has 0 aliphatic rings. The van der Waals surface area contributed by atoms with Crippen molar-refractivity contribution < 1.29 is 18.7 Å². The minimum atomic E-state index is -2.11. The molecule has 13 heavy (non-hydrogen) atoms. The van der Waals surface area contributed by atoms with Crippen molar-refractivity contribution in [3.05, 3.63) is 0 Å². The van der Waals surface area contributed by atoms with E-state index in [0.29, 0.717) is 6.42 Å². The fourth-order valence-corrected chi connectivity index (χ4v) is 0.797. The summed E-state index contributed by atoms with van der Waals surface area (Å²) in [7, 11) is 0. The third kappa shape index (κ3) is 4.60. The Balaban J connectivity index is 4.01. The van der Waals surface area contributed by atoms with Crippen LogP contribution in [0.3, 0.4) is 0 Å². The maximum absolute atomic E-state index is 12.9. The van der Waals surface area contributed by atoms with Gasteiger partial charge in [-0.2, -0.15) is 0 Å². The van der Waals surface area contributed by atoms with Crippen LogP contribution in [0.25, 0.3) is 0 Å². The first-order chi connectivity index (χ1) is 5.99. The first-order valence-electron chi connectivity index (χ1n) is 4.36. The average Bonchev–Trinajstić information content (AvgIpc) is 2.02. The number of carbonyl (C=O) groups is 2. The number of rotatable bonds is 5. The monoisotopic (exact) mass is 190 g/mol. The molecule has 0 aliphatic carbocycles. The molecule has 3 nitrogen and oxygen atoms in total. The Morgan fingerprint density at radius 3 is 2.31 bits per heavy atom.